The number of carbonyl (C=O) groups excluding carboxylic acids is 1. The predicted molar refractivity (Wildman–Crippen MR) is 54.0 cm³/mol. The van der Waals surface area contributed by atoms with E-state index in [2.05, 4.69) is 0 Å². The van der Waals surface area contributed by atoms with Crippen LogP contribution in [0, 0.1) is 11.3 Å². The lowest BCUT2D eigenvalue weighted by Crippen LogP contribution is -1.99. The normalized spacial score (nSPS) is 9.40. The maximum atomic E-state index is 11.1. The number of ether oxygens (including phenoxy) is 1. The minimum Gasteiger partial charge on any atom is -0.507 e. The number of benzene rings is 1. The summed E-state index contributed by atoms with van der Waals surface area (Å²) in [6, 6.07) is 4.52. The van der Waals surface area contributed by atoms with Crippen LogP contribution in [0.15, 0.2) is 12.1 Å². The summed E-state index contributed by atoms with van der Waals surface area (Å²) in [6.07, 6.45) is 0. The van der Waals surface area contributed by atoms with E-state index in [1.807, 2.05) is 6.07 Å². The summed E-state index contributed by atoms with van der Waals surface area (Å²) in [5.41, 5.74) is 0.386. The van der Waals surface area contributed by atoms with E-state index in [1.54, 1.807) is 6.92 Å². The molecule has 0 aliphatic carbocycles. The Morgan fingerprint density at radius 2 is 2.27 bits per heavy atom. The van der Waals surface area contributed by atoms with E-state index < -0.39 is 0 Å². The van der Waals surface area contributed by atoms with Crippen LogP contribution >= 0.6 is 0 Å². The first-order valence-electron chi connectivity index (χ1n) is 4.51. The van der Waals surface area contributed by atoms with E-state index in [1.165, 1.54) is 19.1 Å². The number of rotatable bonds is 3. The van der Waals surface area contributed by atoms with Gasteiger partial charge in [0.25, 0.3) is 0 Å². The molecular formula is C11H11NO3. The highest BCUT2D eigenvalue weighted by Gasteiger charge is 2.12. The SMILES string of the molecule is CCOc1cc(C(C)=O)c(O)cc1C#N. The van der Waals surface area contributed by atoms with Gasteiger partial charge in [-0.2, -0.15) is 5.26 Å². The summed E-state index contributed by atoms with van der Waals surface area (Å²) in [4.78, 5) is 11.1. The van der Waals surface area contributed by atoms with Crippen LogP contribution in [0.25, 0.3) is 0 Å². The van der Waals surface area contributed by atoms with Crippen LogP contribution in [-0.4, -0.2) is 17.5 Å². The monoisotopic (exact) mass is 205 g/mol. The molecule has 0 unspecified atom stereocenters. The minimum absolute atomic E-state index is 0.164. The van der Waals surface area contributed by atoms with Crippen molar-refractivity contribution in [1.29, 1.82) is 5.26 Å². The molecule has 0 fully saturated rings. The third-order valence-corrected chi connectivity index (χ3v) is 1.90. The molecule has 1 aromatic carbocycles. The molecule has 4 heteroatoms. The second-order valence-corrected chi connectivity index (χ2v) is 2.97. The van der Waals surface area contributed by atoms with E-state index >= 15 is 0 Å². The maximum Gasteiger partial charge on any atom is 0.163 e. The molecule has 0 amide bonds. The third-order valence-electron chi connectivity index (χ3n) is 1.90. The maximum absolute atomic E-state index is 11.1. The molecular weight excluding hydrogens is 194 g/mol. The molecule has 1 N–H and O–H groups in total. The van der Waals surface area contributed by atoms with Crippen LogP contribution in [0.4, 0.5) is 0 Å². The average Bonchev–Trinajstić information content (AvgIpc) is 2.20. The first kappa shape index (κ1) is 11.1. The van der Waals surface area contributed by atoms with Crippen molar-refractivity contribution >= 4 is 5.78 Å². The Balaban J connectivity index is 3.31. The van der Waals surface area contributed by atoms with Crippen LogP contribution in [0.5, 0.6) is 11.5 Å². The van der Waals surface area contributed by atoms with E-state index in [0.29, 0.717) is 12.4 Å². The van der Waals surface area contributed by atoms with Gasteiger partial charge in [0.15, 0.2) is 5.78 Å². The van der Waals surface area contributed by atoms with Gasteiger partial charge in [0.2, 0.25) is 0 Å². The molecule has 15 heavy (non-hydrogen) atoms. The second kappa shape index (κ2) is 4.47. The summed E-state index contributed by atoms with van der Waals surface area (Å²) < 4.78 is 5.19. The van der Waals surface area contributed by atoms with Crippen molar-refractivity contribution in [2.75, 3.05) is 6.61 Å². The van der Waals surface area contributed by atoms with E-state index in [9.17, 15) is 9.90 Å². The van der Waals surface area contributed by atoms with Crippen molar-refractivity contribution in [3.05, 3.63) is 23.3 Å². The van der Waals surface area contributed by atoms with E-state index in [4.69, 9.17) is 10.00 Å². The van der Waals surface area contributed by atoms with Crippen molar-refractivity contribution in [2.45, 2.75) is 13.8 Å². The summed E-state index contributed by atoms with van der Waals surface area (Å²) in [7, 11) is 0. The van der Waals surface area contributed by atoms with Gasteiger partial charge in [-0.05, 0) is 19.9 Å². The highest BCUT2D eigenvalue weighted by molar-refractivity contribution is 5.97. The first-order valence-corrected chi connectivity index (χ1v) is 4.51. The summed E-state index contributed by atoms with van der Waals surface area (Å²) >= 11 is 0. The highest BCUT2D eigenvalue weighted by atomic mass is 16.5. The lowest BCUT2D eigenvalue weighted by molar-refractivity contribution is 0.101. The molecule has 0 bridgehead atoms. The van der Waals surface area contributed by atoms with Gasteiger partial charge in [-0.1, -0.05) is 0 Å². The molecule has 0 atom stereocenters. The number of hydrogen-bond donors (Lipinski definition) is 1. The minimum atomic E-state index is -0.266. The Labute approximate surface area is 87.7 Å². The zero-order valence-electron chi connectivity index (χ0n) is 8.57. The third kappa shape index (κ3) is 2.26. The number of carbonyl (C=O) groups is 1. The van der Waals surface area contributed by atoms with Crippen LogP contribution in [-0.2, 0) is 0 Å². The number of hydrogen-bond acceptors (Lipinski definition) is 4. The number of phenolic OH excluding ortho intramolecular Hbond substituents is 1. The lowest BCUT2D eigenvalue weighted by atomic mass is 10.1. The van der Waals surface area contributed by atoms with Crippen molar-refractivity contribution < 1.29 is 14.6 Å². The number of Topliss-reactive ketones (excluding diaryl/α,β-unsaturated/α-hetero) is 1. The molecule has 1 rings (SSSR count). The van der Waals surface area contributed by atoms with Gasteiger partial charge in [-0.25, -0.2) is 0 Å². The molecule has 1 aromatic rings. The standard InChI is InChI=1S/C11H11NO3/c1-3-15-11-5-9(7(2)13)10(14)4-8(11)6-12/h4-5,14H,3H2,1-2H3. The van der Waals surface area contributed by atoms with Crippen LogP contribution < -0.4 is 4.74 Å². The largest absolute Gasteiger partial charge is 0.507 e. The smallest absolute Gasteiger partial charge is 0.163 e. The van der Waals surface area contributed by atoms with Gasteiger partial charge >= 0.3 is 0 Å². The van der Waals surface area contributed by atoms with Crippen molar-refractivity contribution in [2.24, 2.45) is 0 Å². The Kier molecular flexibility index (Phi) is 3.29. The van der Waals surface area contributed by atoms with Crippen LogP contribution in [0.2, 0.25) is 0 Å². The zero-order chi connectivity index (χ0) is 11.4. The second-order valence-electron chi connectivity index (χ2n) is 2.97. The summed E-state index contributed by atoms with van der Waals surface area (Å²) in [6.45, 7) is 3.52. The predicted octanol–water partition coefficient (Wildman–Crippen LogP) is 1.87. The topological polar surface area (TPSA) is 70.3 Å². The number of nitrogens with zero attached hydrogens (tertiary/aromatic N) is 1. The van der Waals surface area contributed by atoms with Crippen molar-refractivity contribution in [3.63, 3.8) is 0 Å². The Bertz CT molecular complexity index is 432. The summed E-state index contributed by atoms with van der Waals surface area (Å²) in [5.74, 6) is -0.136. The zero-order valence-corrected chi connectivity index (χ0v) is 8.57. The van der Waals surface area contributed by atoms with Gasteiger partial charge in [-0.15, -0.1) is 0 Å². The molecule has 0 saturated carbocycles. The molecule has 4 nitrogen and oxygen atoms in total. The molecule has 0 aliphatic heterocycles. The molecule has 0 aliphatic rings. The highest BCUT2D eigenvalue weighted by Crippen LogP contribution is 2.27. The molecule has 0 heterocycles. The first-order chi connectivity index (χ1) is 7.10. The van der Waals surface area contributed by atoms with Gasteiger partial charge < -0.3 is 9.84 Å². The average molecular weight is 205 g/mol. The number of phenols is 1. The molecule has 78 valence electrons. The van der Waals surface area contributed by atoms with E-state index in [-0.39, 0.29) is 22.7 Å². The number of ketones is 1. The van der Waals surface area contributed by atoms with Gasteiger partial charge in [0, 0.05) is 6.07 Å². The molecule has 0 aromatic heterocycles. The molecule has 0 spiro atoms. The fraction of sp³-hybridized carbons (Fsp3) is 0.273. The molecule has 0 radical (unpaired) electrons. The van der Waals surface area contributed by atoms with Crippen LogP contribution in [0.3, 0.4) is 0 Å². The van der Waals surface area contributed by atoms with E-state index in [0.717, 1.165) is 0 Å². The van der Waals surface area contributed by atoms with Crippen LogP contribution in [0.1, 0.15) is 29.8 Å². The van der Waals surface area contributed by atoms with Gasteiger partial charge in [0.1, 0.15) is 17.6 Å². The lowest BCUT2D eigenvalue weighted by Gasteiger charge is -2.08. The fourth-order valence-electron chi connectivity index (χ4n) is 1.21. The Morgan fingerprint density at radius 1 is 1.60 bits per heavy atom. The molecule has 0 saturated heterocycles. The van der Waals surface area contributed by atoms with Crippen molar-refractivity contribution in [3.8, 4) is 17.6 Å². The number of aromatic hydroxyl groups is 1. The summed E-state index contributed by atoms with van der Waals surface area (Å²) in [5, 5.41) is 18.2. The van der Waals surface area contributed by atoms with Gasteiger partial charge in [0.05, 0.1) is 17.7 Å². The Morgan fingerprint density at radius 3 is 2.73 bits per heavy atom. The Hall–Kier alpha value is -2.02. The fourth-order valence-corrected chi connectivity index (χ4v) is 1.21. The number of nitriles is 1. The quantitative estimate of drug-likeness (QED) is 0.764. The van der Waals surface area contributed by atoms with Gasteiger partial charge in [-0.3, -0.25) is 4.79 Å². The van der Waals surface area contributed by atoms with Crippen molar-refractivity contribution in [1.82, 2.24) is 0 Å².